The highest BCUT2D eigenvalue weighted by Gasteiger charge is 2.34. The second-order valence-electron chi connectivity index (χ2n) is 6.76. The van der Waals surface area contributed by atoms with Crippen LogP contribution in [0.1, 0.15) is 40.0 Å². The Morgan fingerprint density at radius 3 is 2.32 bits per heavy atom. The van der Waals surface area contributed by atoms with E-state index in [0.717, 1.165) is 30.6 Å². The highest BCUT2D eigenvalue weighted by atomic mass is 32.1. The molecule has 2 amide bonds. The van der Waals surface area contributed by atoms with Crippen molar-refractivity contribution in [2.24, 2.45) is 0 Å². The highest BCUT2D eigenvalue weighted by molar-refractivity contribution is 7.08. The number of fused-ring (bicyclic) bond motifs is 1. The molecule has 0 fully saturated rings. The number of carbonyl (C=O) groups is 2. The van der Waals surface area contributed by atoms with E-state index in [-0.39, 0.29) is 11.8 Å². The molecule has 0 spiro atoms. The van der Waals surface area contributed by atoms with Crippen LogP contribution in [0.15, 0.2) is 65.4 Å². The number of nitrogens with zero attached hydrogens (tertiary/aromatic N) is 1. The minimum atomic E-state index is -0.179. The summed E-state index contributed by atoms with van der Waals surface area (Å²) in [5.41, 5.74) is 3.39. The molecule has 0 radical (unpaired) electrons. The van der Waals surface area contributed by atoms with Gasteiger partial charge >= 0.3 is 0 Å². The lowest BCUT2D eigenvalue weighted by Gasteiger charge is -2.13. The topological polar surface area (TPSA) is 46.6 Å². The van der Waals surface area contributed by atoms with Crippen molar-refractivity contribution in [3.8, 4) is 16.9 Å². The van der Waals surface area contributed by atoms with E-state index in [1.165, 1.54) is 10.5 Å². The number of ether oxygens (including phenoxy) is 1. The molecule has 0 bridgehead atoms. The molecule has 0 aliphatic carbocycles. The molecule has 0 saturated carbocycles. The Morgan fingerprint density at radius 2 is 1.61 bits per heavy atom. The van der Waals surface area contributed by atoms with Gasteiger partial charge in [0.25, 0.3) is 11.8 Å². The molecule has 1 aliphatic heterocycles. The first kappa shape index (κ1) is 18.4. The molecule has 0 N–H and O–H groups in total. The second kappa shape index (κ2) is 8.40. The van der Waals surface area contributed by atoms with Gasteiger partial charge in [-0.3, -0.25) is 14.5 Å². The number of unbranched alkanes of at least 4 members (excludes halogenated alkanes) is 2. The first-order valence-corrected chi connectivity index (χ1v) is 10.4. The van der Waals surface area contributed by atoms with Crippen LogP contribution in [0.4, 0.5) is 0 Å². The van der Waals surface area contributed by atoms with Crippen molar-refractivity contribution in [3.63, 3.8) is 0 Å². The Morgan fingerprint density at radius 1 is 0.821 bits per heavy atom. The zero-order valence-electron chi connectivity index (χ0n) is 15.5. The molecule has 4 nitrogen and oxygen atoms in total. The third-order valence-electron chi connectivity index (χ3n) is 4.86. The van der Waals surface area contributed by atoms with Gasteiger partial charge in [0.05, 0.1) is 17.7 Å². The summed E-state index contributed by atoms with van der Waals surface area (Å²) in [5.74, 6) is 0.508. The molecule has 3 aromatic rings. The van der Waals surface area contributed by atoms with Crippen LogP contribution in [0.25, 0.3) is 11.1 Å². The standard InChI is InChI=1S/C23H21NO3S/c25-22-20-9-2-3-10-21(20)23(26)24(22)12-4-1-5-13-27-19-8-6-7-17(15-19)18-11-14-28-16-18/h2-3,6-11,14-16H,1,4-5,12-13H2. The van der Waals surface area contributed by atoms with Crippen LogP contribution in [-0.2, 0) is 0 Å². The number of thiophene rings is 1. The summed E-state index contributed by atoms with van der Waals surface area (Å²) < 4.78 is 5.87. The maximum atomic E-state index is 12.3. The molecule has 2 aromatic carbocycles. The molecular weight excluding hydrogens is 370 g/mol. The molecular formula is C23H21NO3S. The Labute approximate surface area is 168 Å². The monoisotopic (exact) mass is 391 g/mol. The van der Waals surface area contributed by atoms with Crippen LogP contribution in [0, 0.1) is 0 Å². The number of benzene rings is 2. The van der Waals surface area contributed by atoms with Gasteiger partial charge in [-0.25, -0.2) is 0 Å². The lowest BCUT2D eigenvalue weighted by molar-refractivity contribution is 0.0651. The van der Waals surface area contributed by atoms with Crippen molar-refractivity contribution in [2.75, 3.05) is 13.2 Å². The minimum absolute atomic E-state index is 0.179. The Balaban J connectivity index is 1.21. The summed E-state index contributed by atoms with van der Waals surface area (Å²) in [4.78, 5) is 26.0. The lowest BCUT2D eigenvalue weighted by Crippen LogP contribution is -2.30. The summed E-state index contributed by atoms with van der Waals surface area (Å²) in [7, 11) is 0. The summed E-state index contributed by atoms with van der Waals surface area (Å²) >= 11 is 1.68. The predicted molar refractivity (Wildman–Crippen MR) is 111 cm³/mol. The average Bonchev–Trinajstić information content (AvgIpc) is 3.34. The Hall–Kier alpha value is -2.92. The van der Waals surface area contributed by atoms with E-state index in [0.29, 0.717) is 24.3 Å². The van der Waals surface area contributed by atoms with E-state index in [1.54, 1.807) is 35.6 Å². The number of hydrogen-bond acceptors (Lipinski definition) is 4. The fourth-order valence-electron chi connectivity index (χ4n) is 3.38. The van der Waals surface area contributed by atoms with Crippen LogP contribution in [0.5, 0.6) is 5.75 Å². The van der Waals surface area contributed by atoms with Crippen molar-refractivity contribution < 1.29 is 14.3 Å². The van der Waals surface area contributed by atoms with Crippen LogP contribution in [0.3, 0.4) is 0 Å². The SMILES string of the molecule is O=C1c2ccccc2C(=O)N1CCCCCOc1cccc(-c2ccsc2)c1. The largest absolute Gasteiger partial charge is 0.494 e. The molecule has 142 valence electrons. The molecule has 28 heavy (non-hydrogen) atoms. The van der Waals surface area contributed by atoms with E-state index in [9.17, 15) is 9.59 Å². The zero-order chi connectivity index (χ0) is 19.3. The molecule has 0 unspecified atom stereocenters. The van der Waals surface area contributed by atoms with Crippen LogP contribution in [0.2, 0.25) is 0 Å². The first-order chi connectivity index (χ1) is 13.7. The minimum Gasteiger partial charge on any atom is -0.494 e. The summed E-state index contributed by atoms with van der Waals surface area (Å²) in [5, 5.41) is 4.19. The molecule has 1 aromatic heterocycles. The summed E-state index contributed by atoms with van der Waals surface area (Å²) in [6, 6.07) is 17.2. The van der Waals surface area contributed by atoms with Crippen molar-refractivity contribution in [2.45, 2.75) is 19.3 Å². The first-order valence-electron chi connectivity index (χ1n) is 9.45. The highest BCUT2D eigenvalue weighted by Crippen LogP contribution is 2.26. The van der Waals surface area contributed by atoms with Gasteiger partial charge in [0.15, 0.2) is 0 Å². The Kier molecular flexibility index (Phi) is 5.53. The predicted octanol–water partition coefficient (Wildman–Crippen LogP) is 5.26. The van der Waals surface area contributed by atoms with Gasteiger partial charge in [-0.2, -0.15) is 11.3 Å². The number of amides is 2. The fraction of sp³-hybridized carbons (Fsp3) is 0.217. The van der Waals surface area contributed by atoms with Crippen LogP contribution >= 0.6 is 11.3 Å². The van der Waals surface area contributed by atoms with E-state index < -0.39 is 0 Å². The smallest absolute Gasteiger partial charge is 0.261 e. The van der Waals surface area contributed by atoms with Gasteiger partial charge in [0.1, 0.15) is 5.75 Å². The van der Waals surface area contributed by atoms with Gasteiger partial charge in [0, 0.05) is 6.54 Å². The average molecular weight is 391 g/mol. The van der Waals surface area contributed by atoms with Crippen LogP contribution in [-0.4, -0.2) is 29.9 Å². The van der Waals surface area contributed by atoms with Crippen molar-refractivity contribution >= 4 is 23.2 Å². The third kappa shape index (κ3) is 3.85. The third-order valence-corrected chi connectivity index (χ3v) is 5.54. The maximum absolute atomic E-state index is 12.3. The number of carbonyl (C=O) groups excluding carboxylic acids is 2. The van der Waals surface area contributed by atoms with Crippen molar-refractivity contribution in [1.82, 2.24) is 4.90 Å². The summed E-state index contributed by atoms with van der Waals surface area (Å²) in [6.45, 7) is 1.08. The van der Waals surface area contributed by atoms with E-state index in [2.05, 4.69) is 29.0 Å². The van der Waals surface area contributed by atoms with Crippen molar-refractivity contribution in [3.05, 3.63) is 76.5 Å². The number of imide groups is 1. The van der Waals surface area contributed by atoms with Crippen molar-refractivity contribution in [1.29, 1.82) is 0 Å². The molecule has 1 aliphatic rings. The van der Waals surface area contributed by atoms with Gasteiger partial charge < -0.3 is 4.74 Å². The lowest BCUT2D eigenvalue weighted by atomic mass is 10.1. The van der Waals surface area contributed by atoms with Gasteiger partial charge in [-0.1, -0.05) is 24.3 Å². The zero-order valence-corrected chi connectivity index (χ0v) is 16.3. The Bertz CT molecular complexity index is 946. The molecule has 0 saturated heterocycles. The fourth-order valence-corrected chi connectivity index (χ4v) is 4.04. The van der Waals surface area contributed by atoms with Gasteiger partial charge in [-0.15, -0.1) is 0 Å². The quantitative estimate of drug-likeness (QED) is 0.389. The maximum Gasteiger partial charge on any atom is 0.261 e. The van der Waals surface area contributed by atoms with Crippen LogP contribution < -0.4 is 4.74 Å². The molecule has 0 atom stereocenters. The number of rotatable bonds is 8. The second-order valence-corrected chi connectivity index (χ2v) is 7.54. The molecule has 4 rings (SSSR count). The van der Waals surface area contributed by atoms with E-state index >= 15 is 0 Å². The normalized spacial score (nSPS) is 13.1. The van der Waals surface area contributed by atoms with Gasteiger partial charge in [0.2, 0.25) is 0 Å². The van der Waals surface area contributed by atoms with Gasteiger partial charge in [-0.05, 0) is 71.5 Å². The number of hydrogen-bond donors (Lipinski definition) is 0. The molecule has 2 heterocycles. The summed E-state index contributed by atoms with van der Waals surface area (Å²) in [6.07, 6.45) is 2.56. The molecule has 5 heteroatoms. The van der Waals surface area contributed by atoms with E-state index in [4.69, 9.17) is 4.74 Å². The van der Waals surface area contributed by atoms with E-state index in [1.807, 2.05) is 12.1 Å².